The van der Waals surface area contributed by atoms with Crippen molar-refractivity contribution in [2.45, 2.75) is 38.2 Å². The van der Waals surface area contributed by atoms with Crippen molar-refractivity contribution in [3.63, 3.8) is 0 Å². The Kier molecular flexibility index (Phi) is 4.72. The van der Waals surface area contributed by atoms with Gasteiger partial charge in [-0.3, -0.25) is 0 Å². The maximum atomic E-state index is 10.2. The van der Waals surface area contributed by atoms with Gasteiger partial charge in [-0.2, -0.15) is 0 Å². The van der Waals surface area contributed by atoms with Crippen molar-refractivity contribution in [1.29, 1.82) is 0 Å². The van der Waals surface area contributed by atoms with Gasteiger partial charge >= 0.3 is 0 Å². The third kappa shape index (κ3) is 3.95. The monoisotopic (exact) mass is 279 g/mol. The van der Waals surface area contributed by atoms with Crippen molar-refractivity contribution in [3.8, 4) is 11.1 Å². The van der Waals surface area contributed by atoms with E-state index in [1.807, 2.05) is 12.5 Å². The van der Waals surface area contributed by atoms with Gasteiger partial charge in [0.2, 0.25) is 0 Å². The van der Waals surface area contributed by atoms with Gasteiger partial charge in [-0.25, -0.2) is 0 Å². The highest BCUT2D eigenvalue weighted by Crippen LogP contribution is 2.29. The van der Waals surface area contributed by atoms with Gasteiger partial charge in [-0.05, 0) is 29.0 Å². The molecule has 0 saturated heterocycles. The summed E-state index contributed by atoms with van der Waals surface area (Å²) in [6, 6.07) is 18.8. The fourth-order valence-electron chi connectivity index (χ4n) is 3.30. The quantitative estimate of drug-likeness (QED) is 0.829. The van der Waals surface area contributed by atoms with Crippen molar-refractivity contribution in [2.24, 2.45) is 5.92 Å². The molecule has 3 rings (SSSR count). The molecule has 109 valence electrons. The normalized spacial score (nSPS) is 17.0. The highest BCUT2D eigenvalue weighted by Gasteiger charge is 2.19. The molecule has 0 spiro atoms. The van der Waals surface area contributed by atoms with Gasteiger partial charge in [0.05, 0.1) is 6.10 Å². The van der Waals surface area contributed by atoms with E-state index >= 15 is 0 Å². The third-order valence-corrected chi connectivity index (χ3v) is 4.45. The third-order valence-electron chi connectivity index (χ3n) is 4.45. The van der Waals surface area contributed by atoms with Crippen LogP contribution < -0.4 is 0 Å². The lowest BCUT2D eigenvalue weighted by molar-refractivity contribution is 0.176. The van der Waals surface area contributed by atoms with Crippen LogP contribution in [0.1, 0.15) is 37.7 Å². The Morgan fingerprint density at radius 2 is 1.52 bits per heavy atom. The van der Waals surface area contributed by atoms with Gasteiger partial charge in [0.1, 0.15) is 0 Å². The molecule has 1 aliphatic carbocycles. The first-order chi connectivity index (χ1) is 10.3. The summed E-state index contributed by atoms with van der Waals surface area (Å²) >= 11 is 0. The SMILES string of the molecule is OC([CH]c1ccc(-c2ccccc2)cc1)CC1CCCC1. The molecule has 1 atom stereocenters. The van der Waals surface area contributed by atoms with E-state index in [-0.39, 0.29) is 6.10 Å². The van der Waals surface area contributed by atoms with Crippen LogP contribution in [0.4, 0.5) is 0 Å². The highest BCUT2D eigenvalue weighted by molar-refractivity contribution is 5.63. The minimum atomic E-state index is -0.310. The molecule has 0 aliphatic heterocycles. The van der Waals surface area contributed by atoms with Crippen LogP contribution in [0.2, 0.25) is 0 Å². The van der Waals surface area contributed by atoms with Gasteiger partial charge in [0.25, 0.3) is 0 Å². The lowest BCUT2D eigenvalue weighted by atomic mass is 9.95. The smallest absolute Gasteiger partial charge is 0.0618 e. The highest BCUT2D eigenvalue weighted by atomic mass is 16.3. The summed E-state index contributed by atoms with van der Waals surface area (Å²) in [5.41, 5.74) is 3.56. The van der Waals surface area contributed by atoms with Gasteiger partial charge in [-0.15, -0.1) is 0 Å². The molecule has 1 nitrogen and oxygen atoms in total. The predicted molar refractivity (Wildman–Crippen MR) is 87.9 cm³/mol. The number of hydrogen-bond donors (Lipinski definition) is 1. The molecule has 1 radical (unpaired) electrons. The van der Waals surface area contributed by atoms with Gasteiger partial charge in [-0.1, -0.05) is 80.3 Å². The average Bonchev–Trinajstić information content (AvgIpc) is 3.02. The molecule has 2 aromatic carbocycles. The largest absolute Gasteiger partial charge is 0.392 e. The van der Waals surface area contributed by atoms with Crippen LogP contribution >= 0.6 is 0 Å². The minimum absolute atomic E-state index is 0.310. The molecule has 2 aromatic rings. The average molecular weight is 279 g/mol. The van der Waals surface area contributed by atoms with Gasteiger partial charge in [0.15, 0.2) is 0 Å². The molecule has 1 fully saturated rings. The summed E-state index contributed by atoms with van der Waals surface area (Å²) < 4.78 is 0. The van der Waals surface area contributed by atoms with Gasteiger partial charge in [0, 0.05) is 6.42 Å². The van der Waals surface area contributed by atoms with E-state index in [4.69, 9.17) is 0 Å². The number of aliphatic hydroxyl groups is 1. The zero-order valence-corrected chi connectivity index (χ0v) is 12.4. The van der Waals surface area contributed by atoms with Crippen molar-refractivity contribution in [3.05, 3.63) is 66.6 Å². The molecule has 1 aliphatic rings. The van der Waals surface area contributed by atoms with Crippen molar-refractivity contribution < 1.29 is 5.11 Å². The van der Waals surface area contributed by atoms with E-state index in [0.29, 0.717) is 0 Å². The number of hydrogen-bond acceptors (Lipinski definition) is 1. The number of benzene rings is 2. The molecule has 0 bridgehead atoms. The first kappa shape index (κ1) is 14.3. The fourth-order valence-corrected chi connectivity index (χ4v) is 3.30. The van der Waals surface area contributed by atoms with Crippen LogP contribution in [0.15, 0.2) is 54.6 Å². The van der Waals surface area contributed by atoms with E-state index in [2.05, 4.69) is 48.5 Å². The second-order valence-corrected chi connectivity index (χ2v) is 6.11. The summed E-state index contributed by atoms with van der Waals surface area (Å²) in [6.07, 6.45) is 7.85. The van der Waals surface area contributed by atoms with E-state index in [9.17, 15) is 5.11 Å². The van der Waals surface area contributed by atoms with E-state index < -0.39 is 0 Å². The summed E-state index contributed by atoms with van der Waals surface area (Å²) in [4.78, 5) is 0. The zero-order chi connectivity index (χ0) is 14.5. The first-order valence-corrected chi connectivity index (χ1v) is 8.00. The molecule has 0 heterocycles. The summed E-state index contributed by atoms with van der Waals surface area (Å²) in [5.74, 6) is 0.722. The fraction of sp³-hybridized carbons (Fsp3) is 0.350. The molecule has 0 aromatic heterocycles. The molecule has 21 heavy (non-hydrogen) atoms. The molecular weight excluding hydrogens is 256 g/mol. The maximum Gasteiger partial charge on any atom is 0.0618 e. The zero-order valence-electron chi connectivity index (χ0n) is 12.4. The van der Waals surface area contributed by atoms with Crippen LogP contribution in [-0.2, 0) is 0 Å². The second-order valence-electron chi connectivity index (χ2n) is 6.11. The van der Waals surface area contributed by atoms with Crippen molar-refractivity contribution in [2.75, 3.05) is 0 Å². The Balaban J connectivity index is 1.59. The lowest BCUT2D eigenvalue weighted by Gasteiger charge is -2.15. The first-order valence-electron chi connectivity index (χ1n) is 8.00. The van der Waals surface area contributed by atoms with E-state index in [0.717, 1.165) is 17.9 Å². The van der Waals surface area contributed by atoms with Crippen LogP contribution in [-0.4, -0.2) is 11.2 Å². The Hall–Kier alpha value is -1.60. The summed E-state index contributed by atoms with van der Waals surface area (Å²) in [6.45, 7) is 0. The van der Waals surface area contributed by atoms with Crippen molar-refractivity contribution in [1.82, 2.24) is 0 Å². The molecule has 1 heteroatoms. The lowest BCUT2D eigenvalue weighted by Crippen LogP contribution is -2.12. The van der Waals surface area contributed by atoms with Crippen LogP contribution in [0.25, 0.3) is 11.1 Å². The Morgan fingerprint density at radius 3 is 2.19 bits per heavy atom. The Bertz CT molecular complexity index is 538. The topological polar surface area (TPSA) is 20.2 Å². The van der Waals surface area contributed by atoms with Crippen LogP contribution in [0, 0.1) is 12.3 Å². The summed E-state index contributed by atoms with van der Waals surface area (Å²) in [5, 5.41) is 10.2. The molecule has 1 N–H and O–H groups in total. The van der Waals surface area contributed by atoms with Gasteiger partial charge < -0.3 is 5.11 Å². The van der Waals surface area contributed by atoms with E-state index in [1.54, 1.807) is 0 Å². The molecular formula is C20H23O. The number of rotatable bonds is 5. The maximum absolute atomic E-state index is 10.2. The van der Waals surface area contributed by atoms with Crippen LogP contribution in [0.3, 0.4) is 0 Å². The summed E-state index contributed by atoms with van der Waals surface area (Å²) in [7, 11) is 0. The number of aliphatic hydroxyl groups excluding tert-OH is 1. The van der Waals surface area contributed by atoms with E-state index in [1.165, 1.54) is 36.8 Å². The standard InChI is InChI=1S/C20H23O/c21-20(14-16-6-4-5-7-16)15-17-10-12-19(13-11-17)18-8-2-1-3-9-18/h1-3,8-13,15-16,20-21H,4-7,14H2. The van der Waals surface area contributed by atoms with Crippen LogP contribution in [0.5, 0.6) is 0 Å². The molecule has 0 amide bonds. The second kappa shape index (κ2) is 6.91. The molecule has 1 unspecified atom stereocenters. The molecule has 1 saturated carbocycles. The Labute approximate surface area is 127 Å². The Morgan fingerprint density at radius 1 is 0.905 bits per heavy atom. The minimum Gasteiger partial charge on any atom is -0.392 e. The van der Waals surface area contributed by atoms with Crippen molar-refractivity contribution >= 4 is 0 Å². The predicted octanol–water partition coefficient (Wildman–Crippen LogP) is 4.85.